The normalized spacial score (nSPS) is 55.9. The van der Waals surface area contributed by atoms with Gasteiger partial charge in [-0.3, -0.25) is 9.59 Å². The highest BCUT2D eigenvalue weighted by molar-refractivity contribution is 6.01. The summed E-state index contributed by atoms with van der Waals surface area (Å²) in [4.78, 5) is 24.6. The molecule has 0 aromatic rings. The average Bonchev–Trinajstić information content (AvgIpc) is 2.73. The van der Waals surface area contributed by atoms with Gasteiger partial charge in [0.25, 0.3) is 0 Å². The molecule has 3 N–H and O–H groups in total. The molecule has 3 saturated carbocycles. The Labute approximate surface area is 151 Å². The van der Waals surface area contributed by atoms with E-state index >= 15 is 4.39 Å². The van der Waals surface area contributed by atoms with Crippen LogP contribution in [0.4, 0.5) is 4.39 Å². The van der Waals surface area contributed by atoms with Crippen LogP contribution in [-0.4, -0.2) is 50.4 Å². The van der Waals surface area contributed by atoms with Crippen molar-refractivity contribution in [2.24, 2.45) is 22.7 Å². The van der Waals surface area contributed by atoms with Crippen LogP contribution in [0.5, 0.6) is 0 Å². The Morgan fingerprint density at radius 3 is 2.42 bits per heavy atom. The third-order valence-electron chi connectivity index (χ3n) is 7.68. The minimum absolute atomic E-state index is 0.0136. The summed E-state index contributed by atoms with van der Waals surface area (Å²) in [5, 5.41) is 32.1. The summed E-state index contributed by atoms with van der Waals surface area (Å²) in [6.45, 7) is 4.72. The van der Waals surface area contributed by atoms with Crippen LogP contribution >= 0.6 is 0 Å². The monoisotopic (exact) mass is 364 g/mol. The Balaban J connectivity index is 1.89. The number of carbonyl (C=O) groups is 2. The zero-order valence-electron chi connectivity index (χ0n) is 15.2. The quantitative estimate of drug-likeness (QED) is 0.602. The third kappa shape index (κ3) is 1.85. The van der Waals surface area contributed by atoms with Crippen molar-refractivity contribution in [3.8, 4) is 0 Å². The first-order valence-electron chi connectivity index (χ1n) is 9.15. The zero-order chi connectivity index (χ0) is 19.3. The predicted octanol–water partition coefficient (Wildman–Crippen LogP) is 1.26. The number of hydrogen-bond donors (Lipinski definition) is 3. The summed E-state index contributed by atoms with van der Waals surface area (Å²) in [7, 11) is 0. The number of halogens is 1. The highest BCUT2D eigenvalue weighted by Gasteiger charge is 2.74. The summed E-state index contributed by atoms with van der Waals surface area (Å²) in [6, 6.07) is 0. The largest absolute Gasteiger partial charge is 0.390 e. The first-order valence-corrected chi connectivity index (χ1v) is 9.15. The second kappa shape index (κ2) is 4.91. The van der Waals surface area contributed by atoms with Gasteiger partial charge in [0.1, 0.15) is 5.60 Å². The molecule has 0 unspecified atom stereocenters. The number of allylic oxidation sites excluding steroid dienone is 3. The van der Waals surface area contributed by atoms with Crippen LogP contribution in [0.3, 0.4) is 0 Å². The van der Waals surface area contributed by atoms with Crippen molar-refractivity contribution >= 4 is 11.6 Å². The van der Waals surface area contributed by atoms with Gasteiger partial charge in [0, 0.05) is 16.7 Å². The molecule has 0 spiro atoms. The molecule has 0 aromatic heterocycles. The summed E-state index contributed by atoms with van der Waals surface area (Å²) >= 11 is 0. The molecule has 3 fully saturated rings. The molecule has 4 aliphatic rings. The van der Waals surface area contributed by atoms with E-state index in [1.165, 1.54) is 25.2 Å². The number of rotatable bonds is 0. The molecule has 4 aliphatic carbocycles. The van der Waals surface area contributed by atoms with E-state index in [4.69, 9.17) is 0 Å². The number of aliphatic hydroxyl groups excluding tert-OH is 2. The summed E-state index contributed by atoms with van der Waals surface area (Å²) in [6.07, 6.45) is 1.55. The number of carbonyl (C=O) groups excluding carboxylic acids is 2. The minimum atomic E-state index is -2.12. The van der Waals surface area contributed by atoms with Gasteiger partial charge in [-0.2, -0.15) is 0 Å². The Morgan fingerprint density at radius 2 is 1.77 bits per heavy atom. The fourth-order valence-electron chi connectivity index (χ4n) is 6.37. The van der Waals surface area contributed by atoms with Gasteiger partial charge in [0.05, 0.1) is 12.2 Å². The van der Waals surface area contributed by atoms with E-state index in [9.17, 15) is 24.9 Å². The lowest BCUT2D eigenvalue weighted by molar-refractivity contribution is -0.200. The van der Waals surface area contributed by atoms with Crippen LogP contribution in [0.1, 0.15) is 40.0 Å². The van der Waals surface area contributed by atoms with Gasteiger partial charge < -0.3 is 15.3 Å². The van der Waals surface area contributed by atoms with E-state index in [0.29, 0.717) is 0 Å². The van der Waals surface area contributed by atoms with E-state index < -0.39 is 46.1 Å². The van der Waals surface area contributed by atoms with Crippen molar-refractivity contribution in [1.29, 1.82) is 0 Å². The maximum atomic E-state index is 16.7. The highest BCUT2D eigenvalue weighted by Crippen LogP contribution is 2.67. The molecule has 8 atom stereocenters. The van der Waals surface area contributed by atoms with Crippen LogP contribution < -0.4 is 0 Å². The van der Waals surface area contributed by atoms with Gasteiger partial charge in [0.15, 0.2) is 17.2 Å². The highest BCUT2D eigenvalue weighted by atomic mass is 19.1. The minimum Gasteiger partial charge on any atom is -0.390 e. The number of aliphatic hydroxyl groups is 3. The van der Waals surface area contributed by atoms with Gasteiger partial charge in [0.2, 0.25) is 0 Å². The summed E-state index contributed by atoms with van der Waals surface area (Å²) < 4.78 is 16.7. The van der Waals surface area contributed by atoms with Crippen LogP contribution in [0.25, 0.3) is 0 Å². The third-order valence-corrected chi connectivity index (χ3v) is 7.68. The van der Waals surface area contributed by atoms with Gasteiger partial charge in [-0.05, 0) is 56.8 Å². The Kier molecular flexibility index (Phi) is 3.40. The average molecular weight is 364 g/mol. The van der Waals surface area contributed by atoms with Gasteiger partial charge in [-0.15, -0.1) is 0 Å². The van der Waals surface area contributed by atoms with Crippen LogP contribution in [0.15, 0.2) is 23.8 Å². The topological polar surface area (TPSA) is 94.8 Å². The molecule has 0 heterocycles. The smallest absolute Gasteiger partial charge is 0.178 e. The fourth-order valence-corrected chi connectivity index (χ4v) is 6.37. The van der Waals surface area contributed by atoms with Crippen molar-refractivity contribution in [1.82, 2.24) is 0 Å². The second-order valence-electron chi connectivity index (χ2n) is 9.21. The predicted molar refractivity (Wildman–Crippen MR) is 90.8 cm³/mol. The number of ketones is 2. The Hall–Kier alpha value is -1.37. The van der Waals surface area contributed by atoms with E-state index in [-0.39, 0.29) is 36.4 Å². The Morgan fingerprint density at radius 1 is 1.12 bits per heavy atom. The molecule has 26 heavy (non-hydrogen) atoms. The van der Waals surface area contributed by atoms with Crippen molar-refractivity contribution in [2.45, 2.75) is 63.5 Å². The molecular formula is C20H25FO5. The lowest BCUT2D eigenvalue weighted by Crippen LogP contribution is -2.68. The molecule has 0 aliphatic heterocycles. The molecule has 0 radical (unpaired) electrons. The SMILES string of the molecule is C[C@]1(O)C[C@H]2[C@@H]3C[C@@H](O)C4=CC(=O)C=C[C@]4(C)[C@@]3(F)[C@@H](O)C[C@]2(C)C1=O. The molecule has 4 rings (SSSR count). The lowest BCUT2D eigenvalue weighted by atomic mass is 9.45. The van der Waals surface area contributed by atoms with Crippen molar-refractivity contribution in [2.75, 3.05) is 0 Å². The van der Waals surface area contributed by atoms with Crippen molar-refractivity contribution < 1.29 is 29.3 Å². The first-order chi connectivity index (χ1) is 11.9. The maximum Gasteiger partial charge on any atom is 0.178 e. The maximum absolute atomic E-state index is 16.7. The summed E-state index contributed by atoms with van der Waals surface area (Å²) in [5.41, 5.74) is -5.77. The molecule has 0 saturated heterocycles. The lowest BCUT2D eigenvalue weighted by Gasteiger charge is -2.61. The van der Waals surface area contributed by atoms with Crippen LogP contribution in [0, 0.1) is 22.7 Å². The number of fused-ring (bicyclic) bond motifs is 5. The molecular weight excluding hydrogens is 339 g/mol. The number of hydrogen-bond acceptors (Lipinski definition) is 5. The second-order valence-corrected chi connectivity index (χ2v) is 9.21. The van der Waals surface area contributed by atoms with Gasteiger partial charge in [-0.25, -0.2) is 4.39 Å². The molecule has 0 aromatic carbocycles. The number of Topliss-reactive ketones (excluding diaryl/α,β-unsaturated/α-hetero) is 1. The van der Waals surface area contributed by atoms with Crippen LogP contribution in [0.2, 0.25) is 0 Å². The molecule has 0 amide bonds. The summed E-state index contributed by atoms with van der Waals surface area (Å²) in [5.74, 6) is -1.97. The molecule has 0 bridgehead atoms. The van der Waals surface area contributed by atoms with Crippen molar-refractivity contribution in [3.05, 3.63) is 23.8 Å². The van der Waals surface area contributed by atoms with Crippen molar-refractivity contribution in [3.63, 3.8) is 0 Å². The van der Waals surface area contributed by atoms with E-state index in [0.717, 1.165) is 0 Å². The fraction of sp³-hybridized carbons (Fsp3) is 0.700. The molecule has 6 heteroatoms. The van der Waals surface area contributed by atoms with E-state index in [1.54, 1.807) is 13.8 Å². The zero-order valence-corrected chi connectivity index (χ0v) is 15.2. The van der Waals surface area contributed by atoms with E-state index in [1.807, 2.05) is 0 Å². The standard InChI is InChI=1S/C20H25FO5/c1-17-9-15(24)20(21)11(13(17)8-19(3,26)16(17)25)7-14(23)12-6-10(22)4-5-18(12,20)2/h4-6,11,13-15,23-24,26H,7-9H2,1-3H3/t11-,13-,14+,15-,17-,18-,19-,20-/m0/s1. The van der Waals surface area contributed by atoms with Crippen LogP contribution in [-0.2, 0) is 9.59 Å². The van der Waals surface area contributed by atoms with Gasteiger partial charge in [-0.1, -0.05) is 13.0 Å². The first kappa shape index (κ1) is 18.0. The van der Waals surface area contributed by atoms with Gasteiger partial charge >= 0.3 is 0 Å². The number of alkyl halides is 1. The molecule has 142 valence electrons. The Bertz CT molecular complexity index is 770. The molecule has 5 nitrogen and oxygen atoms in total. The van der Waals surface area contributed by atoms with E-state index in [2.05, 4.69) is 0 Å².